The van der Waals surface area contributed by atoms with E-state index in [1.54, 1.807) is 0 Å². The molecule has 0 aromatic heterocycles. The zero-order chi connectivity index (χ0) is 14.0. The van der Waals surface area contributed by atoms with Crippen LogP contribution in [-0.2, 0) is 6.18 Å². The van der Waals surface area contributed by atoms with Crippen LogP contribution in [0.15, 0.2) is 18.2 Å². The lowest BCUT2D eigenvalue weighted by atomic mass is 9.90. The molecule has 0 radical (unpaired) electrons. The van der Waals surface area contributed by atoms with Gasteiger partial charge in [0.05, 0.1) is 5.56 Å². The molecule has 1 fully saturated rings. The number of piperidine rings is 1. The van der Waals surface area contributed by atoms with Crippen LogP contribution in [0, 0.1) is 11.7 Å². The number of nitrogens with one attached hydrogen (secondary N) is 1. The largest absolute Gasteiger partial charge is 0.419 e. The van der Waals surface area contributed by atoms with Crippen molar-refractivity contribution in [1.29, 1.82) is 0 Å². The fourth-order valence-corrected chi connectivity index (χ4v) is 2.21. The smallest absolute Gasteiger partial charge is 0.316 e. The van der Waals surface area contributed by atoms with Crippen LogP contribution in [-0.4, -0.2) is 18.9 Å². The number of alkyl halides is 3. The maximum absolute atomic E-state index is 13.4. The van der Waals surface area contributed by atoms with Crippen molar-refractivity contribution in [3.63, 3.8) is 0 Å². The number of hydrogen-bond donors (Lipinski definition) is 1. The van der Waals surface area contributed by atoms with Crippen molar-refractivity contribution in [2.75, 3.05) is 13.1 Å². The lowest BCUT2D eigenvalue weighted by Crippen LogP contribution is -2.34. The molecule has 2 nitrogen and oxygen atoms in total. The lowest BCUT2D eigenvalue weighted by Gasteiger charge is -2.21. The van der Waals surface area contributed by atoms with E-state index in [9.17, 15) is 22.4 Å². The van der Waals surface area contributed by atoms with E-state index in [2.05, 4.69) is 5.32 Å². The van der Waals surface area contributed by atoms with Crippen LogP contribution >= 0.6 is 0 Å². The molecule has 0 amide bonds. The highest BCUT2D eigenvalue weighted by Crippen LogP contribution is 2.32. The van der Waals surface area contributed by atoms with Gasteiger partial charge in [-0.2, -0.15) is 13.2 Å². The van der Waals surface area contributed by atoms with Gasteiger partial charge in [0.15, 0.2) is 5.78 Å². The van der Waals surface area contributed by atoms with Crippen molar-refractivity contribution in [2.45, 2.75) is 19.0 Å². The number of benzene rings is 1. The fraction of sp³-hybridized carbons (Fsp3) is 0.462. The van der Waals surface area contributed by atoms with E-state index < -0.39 is 17.6 Å². The van der Waals surface area contributed by atoms with Gasteiger partial charge in [-0.15, -0.1) is 0 Å². The predicted molar refractivity (Wildman–Crippen MR) is 61.3 cm³/mol. The van der Waals surface area contributed by atoms with Crippen molar-refractivity contribution in [1.82, 2.24) is 5.32 Å². The summed E-state index contributed by atoms with van der Waals surface area (Å²) in [5, 5.41) is 3.04. The average molecular weight is 275 g/mol. The number of ketones is 1. The quantitative estimate of drug-likeness (QED) is 0.664. The molecule has 1 N–H and O–H groups in total. The first-order valence-electron chi connectivity index (χ1n) is 6.01. The van der Waals surface area contributed by atoms with E-state index in [1.165, 1.54) is 0 Å². The molecule has 19 heavy (non-hydrogen) atoms. The number of carbonyl (C=O) groups is 1. The Bertz CT molecular complexity index is 478. The van der Waals surface area contributed by atoms with Gasteiger partial charge in [-0.3, -0.25) is 4.79 Å². The first-order chi connectivity index (χ1) is 8.89. The van der Waals surface area contributed by atoms with E-state index >= 15 is 0 Å². The van der Waals surface area contributed by atoms with Gasteiger partial charge in [-0.1, -0.05) is 6.07 Å². The van der Waals surface area contributed by atoms with Crippen molar-refractivity contribution in [3.8, 4) is 0 Å². The van der Waals surface area contributed by atoms with Crippen molar-refractivity contribution >= 4 is 5.78 Å². The molecule has 1 aliphatic heterocycles. The molecule has 6 heteroatoms. The molecule has 1 atom stereocenters. The van der Waals surface area contributed by atoms with Crippen LogP contribution in [0.5, 0.6) is 0 Å². The molecule has 1 saturated heterocycles. The Balaban J connectivity index is 2.22. The molecular weight excluding hydrogens is 262 g/mol. The number of rotatable bonds is 2. The summed E-state index contributed by atoms with van der Waals surface area (Å²) in [6.45, 7) is 1.31. The Kier molecular flexibility index (Phi) is 3.89. The molecule has 1 aliphatic rings. The normalized spacial score (nSPS) is 20.3. The van der Waals surface area contributed by atoms with Crippen LogP contribution in [0.1, 0.15) is 28.8 Å². The van der Waals surface area contributed by atoms with E-state index in [0.29, 0.717) is 25.1 Å². The van der Waals surface area contributed by atoms with Gasteiger partial charge in [0.1, 0.15) is 5.82 Å². The minimum atomic E-state index is -4.74. The van der Waals surface area contributed by atoms with Gasteiger partial charge >= 0.3 is 6.18 Å². The Morgan fingerprint density at radius 3 is 2.58 bits per heavy atom. The first-order valence-corrected chi connectivity index (χ1v) is 6.01. The minimum absolute atomic E-state index is 0.000741. The summed E-state index contributed by atoms with van der Waals surface area (Å²) in [4.78, 5) is 12.0. The van der Waals surface area contributed by atoms with Crippen LogP contribution in [0.4, 0.5) is 17.6 Å². The summed E-state index contributed by atoms with van der Waals surface area (Å²) in [5.41, 5.74) is -1.34. The summed E-state index contributed by atoms with van der Waals surface area (Å²) in [6, 6.07) is 2.35. The van der Waals surface area contributed by atoms with E-state index in [1.807, 2.05) is 0 Å². The van der Waals surface area contributed by atoms with Gasteiger partial charge in [-0.05, 0) is 31.5 Å². The summed E-state index contributed by atoms with van der Waals surface area (Å²) in [6.07, 6.45) is -3.23. The predicted octanol–water partition coefficient (Wildman–Crippen LogP) is 3.03. The van der Waals surface area contributed by atoms with Crippen LogP contribution in [0.25, 0.3) is 0 Å². The third-order valence-electron chi connectivity index (χ3n) is 3.23. The second-order valence-corrected chi connectivity index (χ2v) is 4.60. The minimum Gasteiger partial charge on any atom is -0.316 e. The Morgan fingerprint density at radius 1 is 1.32 bits per heavy atom. The highest BCUT2D eigenvalue weighted by molar-refractivity contribution is 5.98. The third kappa shape index (κ3) is 3.12. The molecule has 0 saturated carbocycles. The van der Waals surface area contributed by atoms with Gasteiger partial charge in [0.2, 0.25) is 0 Å². The second-order valence-electron chi connectivity index (χ2n) is 4.60. The van der Waals surface area contributed by atoms with Crippen molar-refractivity contribution < 1.29 is 22.4 Å². The molecule has 0 bridgehead atoms. The average Bonchev–Trinajstić information content (AvgIpc) is 2.37. The third-order valence-corrected chi connectivity index (χ3v) is 3.23. The topological polar surface area (TPSA) is 29.1 Å². The maximum Gasteiger partial charge on any atom is 0.419 e. The number of carbonyl (C=O) groups excluding carboxylic acids is 1. The van der Waals surface area contributed by atoms with Crippen LogP contribution in [0.2, 0.25) is 0 Å². The highest BCUT2D eigenvalue weighted by atomic mass is 19.4. The number of halogens is 4. The van der Waals surface area contributed by atoms with Crippen molar-refractivity contribution in [2.24, 2.45) is 5.92 Å². The summed E-state index contributed by atoms with van der Waals surface area (Å²) in [5.74, 6) is -1.99. The summed E-state index contributed by atoms with van der Waals surface area (Å²) < 4.78 is 50.6. The SMILES string of the molecule is O=C(c1ccc(C(F)(F)F)c(F)c1)C1CCCNC1. The highest BCUT2D eigenvalue weighted by Gasteiger charge is 2.34. The lowest BCUT2D eigenvalue weighted by molar-refractivity contribution is -0.140. The summed E-state index contributed by atoms with van der Waals surface area (Å²) in [7, 11) is 0. The van der Waals surface area contributed by atoms with Crippen LogP contribution in [0.3, 0.4) is 0 Å². The van der Waals surface area contributed by atoms with Crippen molar-refractivity contribution in [3.05, 3.63) is 35.1 Å². The summed E-state index contributed by atoms with van der Waals surface area (Å²) >= 11 is 0. The van der Waals surface area contributed by atoms with Crippen LogP contribution < -0.4 is 5.32 Å². The Labute approximate surface area is 107 Å². The van der Waals surface area contributed by atoms with Gasteiger partial charge < -0.3 is 5.32 Å². The van der Waals surface area contributed by atoms with Gasteiger partial charge in [0.25, 0.3) is 0 Å². The van der Waals surface area contributed by atoms with Gasteiger partial charge in [0, 0.05) is 18.0 Å². The maximum atomic E-state index is 13.4. The van der Waals surface area contributed by atoms with E-state index in [0.717, 1.165) is 19.0 Å². The molecule has 104 valence electrons. The van der Waals surface area contributed by atoms with E-state index in [4.69, 9.17) is 0 Å². The fourth-order valence-electron chi connectivity index (χ4n) is 2.21. The Morgan fingerprint density at radius 2 is 2.05 bits per heavy atom. The monoisotopic (exact) mass is 275 g/mol. The molecular formula is C13H13F4NO. The molecule has 2 rings (SSSR count). The zero-order valence-electron chi connectivity index (χ0n) is 10.1. The number of Topliss-reactive ketones (excluding diaryl/α,β-unsaturated/α-hetero) is 1. The number of hydrogen-bond acceptors (Lipinski definition) is 2. The molecule has 0 aliphatic carbocycles. The molecule has 1 unspecified atom stereocenters. The first kappa shape index (κ1) is 14.0. The Hall–Kier alpha value is -1.43. The second kappa shape index (κ2) is 5.28. The van der Waals surface area contributed by atoms with Gasteiger partial charge in [-0.25, -0.2) is 4.39 Å². The molecule has 0 spiro atoms. The van der Waals surface area contributed by atoms with E-state index in [-0.39, 0.29) is 17.3 Å². The molecule has 1 aromatic carbocycles. The molecule has 1 aromatic rings. The zero-order valence-corrected chi connectivity index (χ0v) is 10.1. The molecule has 1 heterocycles. The standard InChI is InChI=1S/C13H13F4NO/c14-11-6-8(3-4-10(11)13(15,16)17)12(19)9-2-1-5-18-7-9/h3-4,6,9,18H,1-2,5,7H2.